The fourth-order valence-corrected chi connectivity index (χ4v) is 3.20. The summed E-state index contributed by atoms with van der Waals surface area (Å²) in [5.74, 6) is 0.248. The zero-order valence-electron chi connectivity index (χ0n) is 13.9. The number of benzene rings is 2. The van der Waals surface area contributed by atoms with Crippen molar-refractivity contribution in [3.8, 4) is 5.75 Å². The van der Waals surface area contributed by atoms with Crippen molar-refractivity contribution >= 4 is 5.97 Å². The molecule has 0 amide bonds. The van der Waals surface area contributed by atoms with Crippen molar-refractivity contribution in [2.24, 2.45) is 0 Å². The van der Waals surface area contributed by atoms with Gasteiger partial charge in [0.25, 0.3) is 0 Å². The van der Waals surface area contributed by atoms with Crippen LogP contribution < -0.4 is 4.74 Å². The van der Waals surface area contributed by atoms with Crippen molar-refractivity contribution in [2.45, 2.75) is 31.4 Å². The maximum Gasteiger partial charge on any atom is 0.336 e. The average molecular weight is 325 g/mol. The van der Waals surface area contributed by atoms with Gasteiger partial charge in [0, 0.05) is 13.1 Å². The quantitative estimate of drug-likeness (QED) is 0.693. The number of carbonyl (C=O) groups is 1. The van der Waals surface area contributed by atoms with E-state index in [-0.39, 0.29) is 12.1 Å². The maximum absolute atomic E-state index is 13.1. The van der Waals surface area contributed by atoms with Crippen LogP contribution in [0.1, 0.15) is 25.3 Å². The summed E-state index contributed by atoms with van der Waals surface area (Å²) < 4.78 is 5.67. The molecular formula is C20H23NO3. The second kappa shape index (κ2) is 7.16. The summed E-state index contributed by atoms with van der Waals surface area (Å²) in [5.41, 5.74) is 0.0272. The van der Waals surface area contributed by atoms with Crippen LogP contribution in [0.15, 0.2) is 60.7 Å². The number of aliphatic hydroxyl groups is 1. The number of likely N-dealkylation sites (tertiary alicyclic amines) is 1. The standard InChI is InChI=1S/C20H23NO3/c1-20(16-8-4-2-5-9-16,21-14-12-17(22)13-15-21)19(23)24-18-10-6-3-7-11-18/h2-11,17,22H,12-15H2,1H3. The van der Waals surface area contributed by atoms with Crippen LogP contribution in [0, 0.1) is 0 Å². The third-order valence-corrected chi connectivity index (χ3v) is 4.78. The SMILES string of the molecule is CC(C(=O)Oc1ccccc1)(c1ccccc1)N1CCC(O)CC1. The van der Waals surface area contributed by atoms with Gasteiger partial charge < -0.3 is 9.84 Å². The molecule has 1 saturated heterocycles. The van der Waals surface area contributed by atoms with Crippen molar-refractivity contribution in [2.75, 3.05) is 13.1 Å². The Morgan fingerprint density at radius 3 is 2.17 bits per heavy atom. The molecule has 1 N–H and O–H groups in total. The Morgan fingerprint density at radius 2 is 1.58 bits per heavy atom. The van der Waals surface area contributed by atoms with E-state index in [0.717, 1.165) is 5.56 Å². The van der Waals surface area contributed by atoms with Gasteiger partial charge in [0.1, 0.15) is 11.3 Å². The zero-order chi connectivity index (χ0) is 17.0. The maximum atomic E-state index is 13.1. The van der Waals surface area contributed by atoms with E-state index in [0.29, 0.717) is 31.7 Å². The van der Waals surface area contributed by atoms with Gasteiger partial charge in [-0.25, -0.2) is 4.79 Å². The molecule has 3 rings (SSSR count). The Bertz CT molecular complexity index is 666. The number of para-hydroxylation sites is 1. The highest BCUT2D eigenvalue weighted by molar-refractivity contribution is 5.84. The molecule has 24 heavy (non-hydrogen) atoms. The number of piperidine rings is 1. The summed E-state index contributed by atoms with van der Waals surface area (Å²) >= 11 is 0. The van der Waals surface area contributed by atoms with Crippen molar-refractivity contribution in [3.63, 3.8) is 0 Å². The molecule has 1 aliphatic rings. The highest BCUT2D eigenvalue weighted by Crippen LogP contribution is 2.33. The molecule has 2 aromatic rings. The second-order valence-electron chi connectivity index (χ2n) is 6.36. The average Bonchev–Trinajstić information content (AvgIpc) is 2.63. The highest BCUT2D eigenvalue weighted by atomic mass is 16.5. The molecule has 126 valence electrons. The molecular weight excluding hydrogens is 302 g/mol. The van der Waals surface area contributed by atoms with E-state index in [1.807, 2.05) is 55.5 Å². The molecule has 0 saturated carbocycles. The van der Waals surface area contributed by atoms with Gasteiger partial charge in [0.2, 0.25) is 0 Å². The van der Waals surface area contributed by atoms with E-state index >= 15 is 0 Å². The first-order valence-electron chi connectivity index (χ1n) is 8.36. The van der Waals surface area contributed by atoms with Gasteiger partial charge in [-0.3, -0.25) is 4.90 Å². The van der Waals surface area contributed by atoms with Crippen LogP contribution in [0.3, 0.4) is 0 Å². The molecule has 4 heteroatoms. The minimum absolute atomic E-state index is 0.286. The van der Waals surface area contributed by atoms with Crippen LogP contribution in [0.2, 0.25) is 0 Å². The number of nitrogens with zero attached hydrogens (tertiary/aromatic N) is 1. The van der Waals surface area contributed by atoms with E-state index in [9.17, 15) is 9.90 Å². The van der Waals surface area contributed by atoms with Crippen molar-refractivity contribution < 1.29 is 14.6 Å². The van der Waals surface area contributed by atoms with E-state index < -0.39 is 5.54 Å². The molecule has 1 aliphatic heterocycles. The van der Waals surface area contributed by atoms with Crippen molar-refractivity contribution in [1.29, 1.82) is 0 Å². The van der Waals surface area contributed by atoms with Gasteiger partial charge in [0.05, 0.1) is 6.10 Å². The molecule has 0 aliphatic carbocycles. The lowest BCUT2D eigenvalue weighted by molar-refractivity contribution is -0.150. The van der Waals surface area contributed by atoms with Gasteiger partial charge >= 0.3 is 5.97 Å². The Labute approximate surface area is 142 Å². The number of aliphatic hydroxyl groups excluding tert-OH is 1. The summed E-state index contributed by atoms with van der Waals surface area (Å²) in [6, 6.07) is 18.9. The fraction of sp³-hybridized carbons (Fsp3) is 0.350. The molecule has 2 aromatic carbocycles. The Morgan fingerprint density at radius 1 is 1.04 bits per heavy atom. The summed E-state index contributed by atoms with van der Waals surface area (Å²) in [5, 5.41) is 9.79. The van der Waals surface area contributed by atoms with Gasteiger partial charge in [-0.05, 0) is 37.5 Å². The summed E-state index contributed by atoms with van der Waals surface area (Å²) in [7, 11) is 0. The molecule has 1 fully saturated rings. The lowest BCUT2D eigenvalue weighted by Crippen LogP contribution is -2.54. The Kier molecular flexibility index (Phi) is 4.97. The monoisotopic (exact) mass is 325 g/mol. The number of hydrogen-bond donors (Lipinski definition) is 1. The molecule has 0 spiro atoms. The Balaban J connectivity index is 1.91. The molecule has 1 atom stereocenters. The third-order valence-electron chi connectivity index (χ3n) is 4.78. The molecule has 0 radical (unpaired) electrons. The van der Waals surface area contributed by atoms with Crippen molar-refractivity contribution in [1.82, 2.24) is 4.90 Å². The predicted molar refractivity (Wildman–Crippen MR) is 92.7 cm³/mol. The van der Waals surface area contributed by atoms with Crippen LogP contribution >= 0.6 is 0 Å². The zero-order valence-corrected chi connectivity index (χ0v) is 13.9. The number of esters is 1. The lowest BCUT2D eigenvalue weighted by atomic mass is 9.87. The summed E-state index contributed by atoms with van der Waals surface area (Å²) in [6.45, 7) is 3.23. The summed E-state index contributed by atoms with van der Waals surface area (Å²) in [4.78, 5) is 15.2. The van der Waals surface area contributed by atoms with Crippen LogP contribution in [-0.2, 0) is 10.3 Å². The topological polar surface area (TPSA) is 49.8 Å². The van der Waals surface area contributed by atoms with Gasteiger partial charge in [-0.15, -0.1) is 0 Å². The number of rotatable bonds is 4. The smallest absolute Gasteiger partial charge is 0.336 e. The predicted octanol–water partition coefficient (Wildman–Crippen LogP) is 2.96. The van der Waals surface area contributed by atoms with Crippen LogP contribution in [0.4, 0.5) is 0 Å². The van der Waals surface area contributed by atoms with Crippen LogP contribution in [-0.4, -0.2) is 35.2 Å². The number of hydrogen-bond acceptors (Lipinski definition) is 4. The molecule has 4 nitrogen and oxygen atoms in total. The van der Waals surface area contributed by atoms with Crippen LogP contribution in [0.25, 0.3) is 0 Å². The molecule has 0 bridgehead atoms. The van der Waals surface area contributed by atoms with Gasteiger partial charge in [0.15, 0.2) is 0 Å². The van der Waals surface area contributed by atoms with E-state index in [4.69, 9.17) is 4.74 Å². The first-order chi connectivity index (χ1) is 11.6. The fourth-order valence-electron chi connectivity index (χ4n) is 3.20. The highest BCUT2D eigenvalue weighted by Gasteiger charge is 2.44. The van der Waals surface area contributed by atoms with E-state index in [1.54, 1.807) is 12.1 Å². The van der Waals surface area contributed by atoms with Gasteiger partial charge in [-0.2, -0.15) is 0 Å². The first kappa shape index (κ1) is 16.7. The Hall–Kier alpha value is -2.17. The first-order valence-corrected chi connectivity index (χ1v) is 8.36. The minimum Gasteiger partial charge on any atom is -0.425 e. The number of carbonyl (C=O) groups excluding carboxylic acids is 1. The molecule has 1 heterocycles. The normalized spacial score (nSPS) is 18.8. The van der Waals surface area contributed by atoms with E-state index in [1.165, 1.54) is 0 Å². The second-order valence-corrected chi connectivity index (χ2v) is 6.36. The van der Waals surface area contributed by atoms with E-state index in [2.05, 4.69) is 4.90 Å². The third kappa shape index (κ3) is 3.35. The number of ether oxygens (including phenoxy) is 1. The largest absolute Gasteiger partial charge is 0.425 e. The summed E-state index contributed by atoms with van der Waals surface area (Å²) in [6.07, 6.45) is 1.05. The minimum atomic E-state index is -0.878. The lowest BCUT2D eigenvalue weighted by Gasteiger charge is -2.42. The van der Waals surface area contributed by atoms with Gasteiger partial charge in [-0.1, -0.05) is 48.5 Å². The molecule has 1 unspecified atom stereocenters. The van der Waals surface area contributed by atoms with Crippen molar-refractivity contribution in [3.05, 3.63) is 66.2 Å². The van der Waals surface area contributed by atoms with Crippen LogP contribution in [0.5, 0.6) is 5.75 Å². The molecule has 0 aromatic heterocycles.